The molecule has 1 aromatic rings. The maximum Gasteiger partial charge on any atom is 0.240 e. The largest absolute Gasteiger partial charge is 0.337 e. The number of hydrogen-bond acceptors (Lipinski definition) is 3. The van der Waals surface area contributed by atoms with Gasteiger partial charge in [0.2, 0.25) is 5.91 Å². The third kappa shape index (κ3) is 3.19. The van der Waals surface area contributed by atoms with Gasteiger partial charge in [0.25, 0.3) is 0 Å². The molecule has 0 aliphatic carbocycles. The number of carbonyl (C=O) groups excluding carboxylic acids is 1. The molecule has 1 heterocycles. The summed E-state index contributed by atoms with van der Waals surface area (Å²) < 4.78 is 0. The first-order valence-corrected chi connectivity index (χ1v) is 7.59. The van der Waals surface area contributed by atoms with Crippen molar-refractivity contribution in [2.24, 2.45) is 0 Å². The Bertz CT molecular complexity index is 421. The number of carbonyl (C=O) groups is 1. The van der Waals surface area contributed by atoms with E-state index in [4.69, 9.17) is 11.6 Å². The Kier molecular flexibility index (Phi) is 4.92. The summed E-state index contributed by atoms with van der Waals surface area (Å²) in [5.41, 5.74) is 1.00. The molecule has 1 aliphatic rings. The molecule has 1 aliphatic heterocycles. The van der Waals surface area contributed by atoms with E-state index in [1.54, 1.807) is 11.8 Å². The van der Waals surface area contributed by atoms with Crippen LogP contribution in [0.2, 0.25) is 5.02 Å². The molecule has 2 rings (SSSR count). The van der Waals surface area contributed by atoms with Crippen LogP contribution in [0.1, 0.15) is 12.5 Å². The molecule has 1 atom stereocenters. The first kappa shape index (κ1) is 13.7. The molecule has 3 nitrogen and oxygen atoms in total. The molecule has 0 saturated carbocycles. The Morgan fingerprint density at radius 3 is 2.94 bits per heavy atom. The maximum atomic E-state index is 12.3. The van der Waals surface area contributed by atoms with Gasteiger partial charge in [-0.15, -0.1) is 11.8 Å². The lowest BCUT2D eigenvalue weighted by Gasteiger charge is -2.24. The average Bonchev–Trinajstić information content (AvgIpc) is 2.91. The van der Waals surface area contributed by atoms with E-state index < -0.39 is 0 Å². The number of halogens is 1. The van der Waals surface area contributed by atoms with Crippen molar-refractivity contribution >= 4 is 29.3 Å². The first-order chi connectivity index (χ1) is 8.72. The lowest BCUT2D eigenvalue weighted by molar-refractivity contribution is -0.133. The number of benzene rings is 1. The maximum absolute atomic E-state index is 12.3. The zero-order valence-electron chi connectivity index (χ0n) is 10.4. The second kappa shape index (κ2) is 6.45. The molecular weight excluding hydrogens is 268 g/mol. The SMILES string of the molecule is CCN(Cc1ccccc1Cl)C(=O)[C@@H]1CSCN1. The monoisotopic (exact) mass is 284 g/mol. The van der Waals surface area contributed by atoms with E-state index in [1.807, 2.05) is 36.1 Å². The topological polar surface area (TPSA) is 32.3 Å². The number of rotatable bonds is 4. The molecule has 98 valence electrons. The van der Waals surface area contributed by atoms with Crippen LogP contribution in [0.3, 0.4) is 0 Å². The molecule has 1 aromatic carbocycles. The summed E-state index contributed by atoms with van der Waals surface area (Å²) in [6.45, 7) is 3.28. The van der Waals surface area contributed by atoms with Crippen LogP contribution >= 0.6 is 23.4 Å². The number of thioether (sulfide) groups is 1. The Morgan fingerprint density at radius 2 is 2.33 bits per heavy atom. The minimum Gasteiger partial charge on any atom is -0.337 e. The van der Waals surface area contributed by atoms with Gasteiger partial charge in [-0.2, -0.15) is 0 Å². The van der Waals surface area contributed by atoms with Gasteiger partial charge in [-0.1, -0.05) is 29.8 Å². The third-order valence-corrected chi connectivity index (χ3v) is 4.34. The first-order valence-electron chi connectivity index (χ1n) is 6.05. The van der Waals surface area contributed by atoms with E-state index in [1.165, 1.54) is 0 Å². The van der Waals surface area contributed by atoms with Crippen LogP contribution in [0.25, 0.3) is 0 Å². The van der Waals surface area contributed by atoms with Crippen molar-refractivity contribution in [2.75, 3.05) is 18.2 Å². The van der Waals surface area contributed by atoms with E-state index >= 15 is 0 Å². The van der Waals surface area contributed by atoms with Gasteiger partial charge < -0.3 is 4.90 Å². The Labute approximate surface area is 117 Å². The van der Waals surface area contributed by atoms with E-state index in [0.717, 1.165) is 22.2 Å². The second-order valence-corrected chi connectivity index (χ2v) is 5.65. The fraction of sp³-hybridized carbons (Fsp3) is 0.462. The standard InChI is InChI=1S/C13H17ClN2OS/c1-2-16(13(17)12-8-18-9-15-12)7-10-5-3-4-6-11(10)14/h3-6,12,15H,2,7-9H2,1H3/t12-/m0/s1. The predicted molar refractivity (Wildman–Crippen MR) is 76.8 cm³/mol. The van der Waals surface area contributed by atoms with Gasteiger partial charge in [0.1, 0.15) is 0 Å². The van der Waals surface area contributed by atoms with Gasteiger partial charge in [-0.25, -0.2) is 0 Å². The molecule has 0 aromatic heterocycles. The second-order valence-electron chi connectivity index (χ2n) is 4.22. The van der Waals surface area contributed by atoms with Crippen LogP contribution in [0.5, 0.6) is 0 Å². The fourth-order valence-electron chi connectivity index (χ4n) is 1.95. The van der Waals surface area contributed by atoms with Crippen LogP contribution in [-0.4, -0.2) is 35.0 Å². The summed E-state index contributed by atoms with van der Waals surface area (Å²) in [4.78, 5) is 14.2. The van der Waals surface area contributed by atoms with Gasteiger partial charge >= 0.3 is 0 Å². The molecule has 18 heavy (non-hydrogen) atoms. The summed E-state index contributed by atoms with van der Waals surface area (Å²) in [6.07, 6.45) is 0. The van der Waals surface area contributed by atoms with Crippen molar-refractivity contribution in [3.05, 3.63) is 34.9 Å². The van der Waals surface area contributed by atoms with Crippen molar-refractivity contribution in [1.29, 1.82) is 0 Å². The lowest BCUT2D eigenvalue weighted by atomic mass is 10.2. The smallest absolute Gasteiger partial charge is 0.240 e. The fourth-order valence-corrected chi connectivity index (χ4v) is 3.08. The number of amides is 1. The summed E-state index contributed by atoms with van der Waals surface area (Å²) in [6, 6.07) is 7.63. The summed E-state index contributed by atoms with van der Waals surface area (Å²) in [7, 11) is 0. The highest BCUT2D eigenvalue weighted by molar-refractivity contribution is 7.99. The third-order valence-electron chi connectivity index (χ3n) is 3.03. The number of nitrogens with one attached hydrogen (secondary N) is 1. The highest BCUT2D eigenvalue weighted by Gasteiger charge is 2.26. The molecule has 1 fully saturated rings. The molecule has 0 unspecified atom stereocenters. The summed E-state index contributed by atoms with van der Waals surface area (Å²) in [5, 5.41) is 3.93. The van der Waals surface area contributed by atoms with Crippen LogP contribution in [0, 0.1) is 0 Å². The van der Waals surface area contributed by atoms with Crippen LogP contribution in [-0.2, 0) is 11.3 Å². The van der Waals surface area contributed by atoms with Crippen molar-refractivity contribution in [1.82, 2.24) is 10.2 Å². The molecule has 1 N–H and O–H groups in total. The molecule has 5 heteroatoms. The Morgan fingerprint density at radius 1 is 1.56 bits per heavy atom. The highest BCUT2D eigenvalue weighted by atomic mass is 35.5. The van der Waals surface area contributed by atoms with Crippen molar-refractivity contribution in [3.63, 3.8) is 0 Å². The van der Waals surface area contributed by atoms with Crippen LogP contribution < -0.4 is 5.32 Å². The number of likely N-dealkylation sites (N-methyl/N-ethyl adjacent to an activating group) is 1. The van der Waals surface area contributed by atoms with Gasteiger partial charge in [-0.3, -0.25) is 10.1 Å². The number of hydrogen-bond donors (Lipinski definition) is 1. The lowest BCUT2D eigenvalue weighted by Crippen LogP contribution is -2.44. The van der Waals surface area contributed by atoms with E-state index in [9.17, 15) is 4.79 Å². The van der Waals surface area contributed by atoms with Gasteiger partial charge in [0, 0.05) is 29.7 Å². The van der Waals surface area contributed by atoms with Gasteiger partial charge in [-0.05, 0) is 18.6 Å². The predicted octanol–water partition coefficient (Wildman–Crippen LogP) is 2.35. The molecule has 0 spiro atoms. The van der Waals surface area contributed by atoms with Gasteiger partial charge in [0.15, 0.2) is 0 Å². The van der Waals surface area contributed by atoms with Crippen LogP contribution in [0.15, 0.2) is 24.3 Å². The Balaban J connectivity index is 2.05. The summed E-state index contributed by atoms with van der Waals surface area (Å²) >= 11 is 7.90. The number of nitrogens with zero attached hydrogens (tertiary/aromatic N) is 1. The molecular formula is C13H17ClN2OS. The molecule has 0 radical (unpaired) electrons. The highest BCUT2D eigenvalue weighted by Crippen LogP contribution is 2.18. The zero-order chi connectivity index (χ0) is 13.0. The minimum absolute atomic E-state index is 0.0440. The van der Waals surface area contributed by atoms with Crippen molar-refractivity contribution in [3.8, 4) is 0 Å². The van der Waals surface area contributed by atoms with E-state index in [2.05, 4.69) is 5.32 Å². The Hall–Kier alpha value is -0.710. The van der Waals surface area contributed by atoms with E-state index in [0.29, 0.717) is 13.1 Å². The summed E-state index contributed by atoms with van der Waals surface area (Å²) in [5.74, 6) is 1.89. The molecule has 0 bridgehead atoms. The zero-order valence-corrected chi connectivity index (χ0v) is 11.9. The normalized spacial score (nSPS) is 18.9. The average molecular weight is 285 g/mol. The quantitative estimate of drug-likeness (QED) is 0.921. The van der Waals surface area contributed by atoms with E-state index in [-0.39, 0.29) is 11.9 Å². The molecule has 1 amide bonds. The van der Waals surface area contributed by atoms with Gasteiger partial charge in [0.05, 0.1) is 6.04 Å². The van der Waals surface area contributed by atoms with Crippen molar-refractivity contribution in [2.45, 2.75) is 19.5 Å². The molecule has 1 saturated heterocycles. The van der Waals surface area contributed by atoms with Crippen molar-refractivity contribution < 1.29 is 4.79 Å². The minimum atomic E-state index is -0.0440. The van der Waals surface area contributed by atoms with Crippen LogP contribution in [0.4, 0.5) is 0 Å².